The molecule has 2 aliphatic heterocycles. The Morgan fingerprint density at radius 3 is 2.50 bits per heavy atom. The second-order valence-electron chi connectivity index (χ2n) is 7.87. The number of aromatic nitrogens is 4. The predicted molar refractivity (Wildman–Crippen MR) is 108 cm³/mol. The SMILES string of the molecule is CN(c1ccc(-c2ccc(-c3cn[nH]c3)cc2O)nn1)C1C[C@H]2CC[C@@H](C1)N2. The van der Waals surface area contributed by atoms with Gasteiger partial charge in [-0.25, -0.2) is 0 Å². The van der Waals surface area contributed by atoms with Crippen LogP contribution in [-0.2, 0) is 0 Å². The first-order valence-corrected chi connectivity index (χ1v) is 9.82. The van der Waals surface area contributed by atoms with Gasteiger partial charge in [0.15, 0.2) is 5.82 Å². The lowest BCUT2D eigenvalue weighted by molar-refractivity contribution is 0.353. The average Bonchev–Trinajstić information content (AvgIpc) is 3.37. The van der Waals surface area contributed by atoms with Gasteiger partial charge in [0.1, 0.15) is 5.75 Å². The third-order valence-electron chi connectivity index (χ3n) is 6.11. The van der Waals surface area contributed by atoms with Gasteiger partial charge in [0.05, 0.1) is 11.9 Å². The summed E-state index contributed by atoms with van der Waals surface area (Å²) in [4.78, 5) is 2.25. The topological polar surface area (TPSA) is 90.0 Å². The molecule has 2 fully saturated rings. The Labute approximate surface area is 163 Å². The van der Waals surface area contributed by atoms with Crippen LogP contribution in [0.25, 0.3) is 22.4 Å². The second kappa shape index (κ2) is 6.91. The van der Waals surface area contributed by atoms with Crippen molar-refractivity contribution in [2.75, 3.05) is 11.9 Å². The molecular weight excluding hydrogens is 352 g/mol. The molecule has 2 aliphatic rings. The molecule has 7 heteroatoms. The van der Waals surface area contributed by atoms with Gasteiger partial charge in [0, 0.05) is 42.5 Å². The molecule has 5 rings (SSSR count). The third kappa shape index (κ3) is 3.11. The van der Waals surface area contributed by atoms with Crippen molar-refractivity contribution in [2.24, 2.45) is 0 Å². The number of nitrogens with one attached hydrogen (secondary N) is 2. The number of phenolic OH excluding ortho intramolecular Hbond substituents is 1. The molecule has 4 heterocycles. The molecule has 1 unspecified atom stereocenters. The lowest BCUT2D eigenvalue weighted by atomic mass is 9.98. The molecule has 0 radical (unpaired) electrons. The van der Waals surface area contributed by atoms with Crippen molar-refractivity contribution in [2.45, 2.75) is 43.8 Å². The number of hydrogen-bond donors (Lipinski definition) is 3. The van der Waals surface area contributed by atoms with Gasteiger partial charge in [-0.15, -0.1) is 10.2 Å². The summed E-state index contributed by atoms with van der Waals surface area (Å²) in [6, 6.07) is 11.3. The maximum atomic E-state index is 10.5. The zero-order valence-corrected chi connectivity index (χ0v) is 15.8. The van der Waals surface area contributed by atoms with E-state index in [2.05, 4.69) is 37.7 Å². The standard InChI is InChI=1S/C21H24N6O/c1-27(17-9-15-3-4-16(10-17)24-15)21-7-6-19(25-26-21)18-5-2-13(8-20(18)28)14-11-22-23-12-14/h2,5-8,11-12,15-17,24,28H,3-4,9-10H2,1H3,(H,22,23)/t15-,16+,17?. The van der Waals surface area contributed by atoms with Gasteiger partial charge >= 0.3 is 0 Å². The summed E-state index contributed by atoms with van der Waals surface area (Å²) >= 11 is 0. The van der Waals surface area contributed by atoms with Crippen LogP contribution in [0, 0.1) is 0 Å². The van der Waals surface area contributed by atoms with E-state index in [1.807, 2.05) is 24.3 Å². The molecule has 2 bridgehead atoms. The van der Waals surface area contributed by atoms with Crippen molar-refractivity contribution in [3.63, 3.8) is 0 Å². The summed E-state index contributed by atoms with van der Waals surface area (Å²) in [5.74, 6) is 1.06. The molecule has 3 aromatic rings. The number of rotatable bonds is 4. The van der Waals surface area contributed by atoms with Gasteiger partial charge in [-0.2, -0.15) is 5.10 Å². The third-order valence-corrected chi connectivity index (χ3v) is 6.11. The lowest BCUT2D eigenvalue weighted by Gasteiger charge is -2.36. The smallest absolute Gasteiger partial charge is 0.151 e. The Hall–Kier alpha value is -2.93. The van der Waals surface area contributed by atoms with Gasteiger partial charge in [-0.1, -0.05) is 6.07 Å². The zero-order valence-electron chi connectivity index (χ0n) is 15.8. The summed E-state index contributed by atoms with van der Waals surface area (Å²) in [7, 11) is 2.11. The number of fused-ring (bicyclic) bond motifs is 2. The van der Waals surface area contributed by atoms with E-state index in [0.717, 1.165) is 29.8 Å². The Morgan fingerprint density at radius 2 is 1.86 bits per heavy atom. The van der Waals surface area contributed by atoms with Crippen LogP contribution in [0.15, 0.2) is 42.7 Å². The van der Waals surface area contributed by atoms with Crippen LogP contribution in [0.2, 0.25) is 0 Å². The maximum Gasteiger partial charge on any atom is 0.151 e. The average molecular weight is 376 g/mol. The van der Waals surface area contributed by atoms with Gasteiger partial charge in [0.2, 0.25) is 0 Å². The number of aromatic hydroxyl groups is 1. The predicted octanol–water partition coefficient (Wildman–Crippen LogP) is 2.96. The molecule has 0 spiro atoms. The van der Waals surface area contributed by atoms with Crippen LogP contribution in [0.3, 0.4) is 0 Å². The highest BCUT2D eigenvalue weighted by Gasteiger charge is 2.35. The molecule has 0 aliphatic carbocycles. The van der Waals surface area contributed by atoms with Gasteiger partial charge in [0.25, 0.3) is 0 Å². The summed E-state index contributed by atoms with van der Waals surface area (Å²) in [6.45, 7) is 0. The minimum absolute atomic E-state index is 0.184. The fourth-order valence-corrected chi connectivity index (χ4v) is 4.52. The first-order valence-electron chi connectivity index (χ1n) is 9.82. The molecule has 28 heavy (non-hydrogen) atoms. The van der Waals surface area contributed by atoms with E-state index >= 15 is 0 Å². The van der Waals surface area contributed by atoms with Crippen molar-refractivity contribution >= 4 is 5.82 Å². The molecule has 0 amide bonds. The Bertz CT molecular complexity index is 944. The number of anilines is 1. The highest BCUT2D eigenvalue weighted by Crippen LogP contribution is 2.33. The highest BCUT2D eigenvalue weighted by molar-refractivity contribution is 5.73. The first-order chi connectivity index (χ1) is 13.7. The maximum absolute atomic E-state index is 10.5. The van der Waals surface area contributed by atoms with Crippen LogP contribution >= 0.6 is 0 Å². The van der Waals surface area contributed by atoms with Crippen LogP contribution in [0.1, 0.15) is 25.7 Å². The van der Waals surface area contributed by atoms with Crippen LogP contribution in [0.5, 0.6) is 5.75 Å². The highest BCUT2D eigenvalue weighted by atomic mass is 16.3. The van der Waals surface area contributed by atoms with E-state index in [4.69, 9.17) is 0 Å². The lowest BCUT2D eigenvalue weighted by Crippen LogP contribution is -2.47. The number of H-pyrrole nitrogens is 1. The van der Waals surface area contributed by atoms with E-state index < -0.39 is 0 Å². The first kappa shape index (κ1) is 17.2. The second-order valence-corrected chi connectivity index (χ2v) is 7.87. The molecule has 2 saturated heterocycles. The van der Waals surface area contributed by atoms with E-state index in [1.54, 1.807) is 18.5 Å². The van der Waals surface area contributed by atoms with Gasteiger partial charge in [-0.3, -0.25) is 5.10 Å². The van der Waals surface area contributed by atoms with Gasteiger partial charge in [-0.05, 0) is 55.5 Å². The molecular formula is C21H24N6O. The van der Waals surface area contributed by atoms with Crippen LogP contribution in [0.4, 0.5) is 5.82 Å². The fourth-order valence-electron chi connectivity index (χ4n) is 4.52. The van der Waals surface area contributed by atoms with Crippen LogP contribution in [-0.4, -0.2) is 50.7 Å². The Morgan fingerprint density at radius 1 is 1.04 bits per heavy atom. The van der Waals surface area contributed by atoms with E-state index in [1.165, 1.54) is 12.8 Å². The summed E-state index contributed by atoms with van der Waals surface area (Å²) in [5, 5.41) is 29.7. The fraction of sp³-hybridized carbons (Fsp3) is 0.381. The minimum atomic E-state index is 0.184. The summed E-state index contributed by atoms with van der Waals surface area (Å²) < 4.78 is 0. The quantitative estimate of drug-likeness (QED) is 0.649. The van der Waals surface area contributed by atoms with E-state index in [0.29, 0.717) is 29.4 Å². The number of phenols is 1. The number of piperidine rings is 1. The van der Waals surface area contributed by atoms with Crippen molar-refractivity contribution < 1.29 is 5.11 Å². The molecule has 144 valence electrons. The normalized spacial score (nSPS) is 23.7. The number of nitrogens with zero attached hydrogens (tertiary/aromatic N) is 4. The number of hydrogen-bond acceptors (Lipinski definition) is 6. The molecule has 3 N–H and O–H groups in total. The van der Waals surface area contributed by atoms with Crippen molar-refractivity contribution in [1.82, 2.24) is 25.7 Å². The van der Waals surface area contributed by atoms with Crippen molar-refractivity contribution in [3.05, 3.63) is 42.7 Å². The molecule has 7 nitrogen and oxygen atoms in total. The van der Waals surface area contributed by atoms with E-state index in [-0.39, 0.29) is 5.75 Å². The van der Waals surface area contributed by atoms with Crippen LogP contribution < -0.4 is 10.2 Å². The summed E-state index contributed by atoms with van der Waals surface area (Å²) in [5.41, 5.74) is 3.17. The van der Waals surface area contributed by atoms with Gasteiger partial charge < -0.3 is 15.3 Å². The molecule has 2 aromatic heterocycles. The molecule has 0 saturated carbocycles. The van der Waals surface area contributed by atoms with Crippen molar-refractivity contribution in [3.8, 4) is 28.1 Å². The number of benzene rings is 1. The van der Waals surface area contributed by atoms with Crippen molar-refractivity contribution in [1.29, 1.82) is 0 Å². The monoisotopic (exact) mass is 376 g/mol. The van der Waals surface area contributed by atoms with E-state index in [9.17, 15) is 5.11 Å². The molecule has 1 aromatic carbocycles. The minimum Gasteiger partial charge on any atom is -0.507 e. The molecule has 3 atom stereocenters. The zero-order chi connectivity index (χ0) is 19.1. The largest absolute Gasteiger partial charge is 0.507 e. The Balaban J connectivity index is 1.35. The summed E-state index contributed by atoms with van der Waals surface area (Å²) in [6.07, 6.45) is 8.42. The number of aromatic amines is 1. The Kier molecular flexibility index (Phi) is 4.24.